The maximum absolute atomic E-state index is 5.79. The standard InChI is InChI=1S/C13H24N4O/c1-5-6-14-11(4)12-15-16-13(18-12)17-8-9(2)7-10(17)3/h9-11,14H,5-8H2,1-4H3. The summed E-state index contributed by atoms with van der Waals surface area (Å²) in [7, 11) is 0. The van der Waals surface area contributed by atoms with Crippen molar-refractivity contribution in [1.29, 1.82) is 0 Å². The van der Waals surface area contributed by atoms with Crippen molar-refractivity contribution >= 4 is 6.01 Å². The van der Waals surface area contributed by atoms with Gasteiger partial charge in [0.05, 0.1) is 6.04 Å². The van der Waals surface area contributed by atoms with Gasteiger partial charge in [0, 0.05) is 12.6 Å². The first-order chi connectivity index (χ1) is 8.61. The fraction of sp³-hybridized carbons (Fsp3) is 0.846. The van der Waals surface area contributed by atoms with Crippen LogP contribution in [0.3, 0.4) is 0 Å². The van der Waals surface area contributed by atoms with E-state index in [9.17, 15) is 0 Å². The van der Waals surface area contributed by atoms with Crippen molar-refractivity contribution in [2.24, 2.45) is 5.92 Å². The average Bonchev–Trinajstić information content (AvgIpc) is 2.92. The highest BCUT2D eigenvalue weighted by atomic mass is 16.4. The zero-order chi connectivity index (χ0) is 13.1. The van der Waals surface area contributed by atoms with Gasteiger partial charge in [-0.15, -0.1) is 5.10 Å². The fourth-order valence-corrected chi connectivity index (χ4v) is 2.53. The van der Waals surface area contributed by atoms with E-state index < -0.39 is 0 Å². The van der Waals surface area contributed by atoms with Crippen LogP contribution in [-0.4, -0.2) is 29.3 Å². The number of anilines is 1. The summed E-state index contributed by atoms with van der Waals surface area (Å²) in [4.78, 5) is 2.22. The van der Waals surface area contributed by atoms with Crippen LogP contribution in [-0.2, 0) is 0 Å². The lowest BCUT2D eigenvalue weighted by Crippen LogP contribution is -2.26. The van der Waals surface area contributed by atoms with Gasteiger partial charge in [0.25, 0.3) is 0 Å². The summed E-state index contributed by atoms with van der Waals surface area (Å²) in [5.41, 5.74) is 0. The summed E-state index contributed by atoms with van der Waals surface area (Å²) < 4.78 is 5.79. The summed E-state index contributed by atoms with van der Waals surface area (Å²) in [6.07, 6.45) is 2.30. The molecule has 0 radical (unpaired) electrons. The Kier molecular flexibility index (Phi) is 4.22. The number of nitrogens with zero attached hydrogens (tertiary/aromatic N) is 3. The zero-order valence-corrected chi connectivity index (χ0v) is 11.8. The van der Waals surface area contributed by atoms with Crippen LogP contribution in [0.4, 0.5) is 6.01 Å². The summed E-state index contributed by atoms with van der Waals surface area (Å²) in [6, 6.07) is 1.29. The largest absolute Gasteiger partial charge is 0.406 e. The molecule has 3 unspecified atom stereocenters. The number of nitrogens with one attached hydrogen (secondary N) is 1. The minimum Gasteiger partial charge on any atom is -0.406 e. The van der Waals surface area contributed by atoms with Crippen LogP contribution in [0.25, 0.3) is 0 Å². The van der Waals surface area contributed by atoms with E-state index in [-0.39, 0.29) is 6.04 Å². The van der Waals surface area contributed by atoms with E-state index in [0.29, 0.717) is 23.9 Å². The van der Waals surface area contributed by atoms with Crippen molar-refractivity contribution in [3.8, 4) is 0 Å². The Hall–Kier alpha value is -1.10. The van der Waals surface area contributed by atoms with Gasteiger partial charge in [-0.3, -0.25) is 0 Å². The van der Waals surface area contributed by atoms with Crippen molar-refractivity contribution in [3.63, 3.8) is 0 Å². The van der Waals surface area contributed by atoms with Crippen LogP contribution in [0.2, 0.25) is 0 Å². The molecule has 2 heterocycles. The first kappa shape index (κ1) is 13.3. The van der Waals surface area contributed by atoms with Crippen LogP contribution in [0.15, 0.2) is 4.42 Å². The van der Waals surface area contributed by atoms with Gasteiger partial charge < -0.3 is 14.6 Å². The third kappa shape index (κ3) is 2.83. The Bertz CT molecular complexity index is 379. The molecule has 1 aliphatic rings. The quantitative estimate of drug-likeness (QED) is 0.872. The third-order valence-corrected chi connectivity index (χ3v) is 3.53. The number of hydrogen-bond donors (Lipinski definition) is 1. The molecule has 5 nitrogen and oxygen atoms in total. The predicted octanol–water partition coefficient (Wildman–Crippen LogP) is 2.36. The molecule has 1 aromatic rings. The summed E-state index contributed by atoms with van der Waals surface area (Å²) in [5, 5.41) is 11.7. The van der Waals surface area contributed by atoms with Crippen LogP contribution in [0, 0.1) is 5.92 Å². The Balaban J connectivity index is 2.01. The second kappa shape index (κ2) is 5.69. The fourth-order valence-electron chi connectivity index (χ4n) is 2.53. The molecule has 1 aliphatic heterocycles. The third-order valence-electron chi connectivity index (χ3n) is 3.53. The van der Waals surface area contributed by atoms with Crippen LogP contribution < -0.4 is 10.2 Å². The molecular formula is C13H24N4O. The average molecular weight is 252 g/mol. The molecule has 0 bridgehead atoms. The lowest BCUT2D eigenvalue weighted by molar-refractivity contribution is 0.413. The lowest BCUT2D eigenvalue weighted by atomic mass is 10.1. The van der Waals surface area contributed by atoms with Crippen LogP contribution in [0.1, 0.15) is 52.5 Å². The van der Waals surface area contributed by atoms with Gasteiger partial charge in [-0.1, -0.05) is 18.9 Å². The molecular weight excluding hydrogens is 228 g/mol. The maximum Gasteiger partial charge on any atom is 0.318 e. The Morgan fingerprint density at radius 1 is 1.44 bits per heavy atom. The first-order valence-corrected chi connectivity index (χ1v) is 6.95. The molecule has 2 rings (SSSR count). The molecule has 0 aliphatic carbocycles. The van der Waals surface area contributed by atoms with Crippen LogP contribution in [0.5, 0.6) is 0 Å². The highest BCUT2D eigenvalue weighted by Gasteiger charge is 2.30. The molecule has 1 N–H and O–H groups in total. The Morgan fingerprint density at radius 3 is 2.83 bits per heavy atom. The number of rotatable bonds is 5. The molecule has 1 fully saturated rings. The zero-order valence-electron chi connectivity index (χ0n) is 11.8. The monoisotopic (exact) mass is 252 g/mol. The van der Waals surface area contributed by atoms with E-state index in [4.69, 9.17) is 4.42 Å². The SMILES string of the molecule is CCCNC(C)c1nnc(N2CC(C)CC2C)o1. The van der Waals surface area contributed by atoms with Gasteiger partial charge in [0.1, 0.15) is 0 Å². The molecule has 3 atom stereocenters. The highest BCUT2D eigenvalue weighted by molar-refractivity contribution is 5.29. The molecule has 0 saturated carbocycles. The molecule has 0 amide bonds. The van der Waals surface area contributed by atoms with Crippen molar-refractivity contribution < 1.29 is 4.42 Å². The van der Waals surface area contributed by atoms with Gasteiger partial charge in [-0.2, -0.15) is 0 Å². The summed E-state index contributed by atoms with van der Waals surface area (Å²) in [5.74, 6) is 1.39. The number of aromatic nitrogens is 2. The minimum atomic E-state index is 0.126. The van der Waals surface area contributed by atoms with Gasteiger partial charge >= 0.3 is 6.01 Å². The van der Waals surface area contributed by atoms with E-state index in [1.54, 1.807) is 0 Å². The van der Waals surface area contributed by atoms with Gasteiger partial charge in [0.15, 0.2) is 0 Å². The molecule has 1 saturated heterocycles. The second-order valence-electron chi connectivity index (χ2n) is 5.44. The van der Waals surface area contributed by atoms with Gasteiger partial charge in [-0.05, 0) is 39.2 Å². The highest BCUT2D eigenvalue weighted by Crippen LogP contribution is 2.28. The second-order valence-corrected chi connectivity index (χ2v) is 5.44. The van der Waals surface area contributed by atoms with Gasteiger partial charge in [0.2, 0.25) is 5.89 Å². The molecule has 1 aromatic heterocycles. The maximum atomic E-state index is 5.79. The molecule has 0 aromatic carbocycles. The normalized spacial score (nSPS) is 25.7. The van der Waals surface area contributed by atoms with Crippen molar-refractivity contribution in [2.75, 3.05) is 18.0 Å². The summed E-state index contributed by atoms with van der Waals surface area (Å²) in [6.45, 7) is 10.7. The molecule has 18 heavy (non-hydrogen) atoms. The minimum absolute atomic E-state index is 0.126. The van der Waals surface area contributed by atoms with Gasteiger partial charge in [-0.25, -0.2) is 0 Å². The molecule has 102 valence electrons. The Morgan fingerprint density at radius 2 is 2.22 bits per heavy atom. The Labute approximate surface area is 109 Å². The molecule has 5 heteroatoms. The topological polar surface area (TPSA) is 54.2 Å². The van der Waals surface area contributed by atoms with Crippen LogP contribution >= 0.6 is 0 Å². The first-order valence-electron chi connectivity index (χ1n) is 6.95. The van der Waals surface area contributed by atoms with Crippen molar-refractivity contribution in [3.05, 3.63) is 5.89 Å². The van der Waals surface area contributed by atoms with Crippen molar-refractivity contribution in [1.82, 2.24) is 15.5 Å². The molecule has 0 spiro atoms. The lowest BCUT2D eigenvalue weighted by Gasteiger charge is -2.18. The summed E-state index contributed by atoms with van der Waals surface area (Å²) >= 11 is 0. The van der Waals surface area contributed by atoms with Crippen molar-refractivity contribution in [2.45, 2.75) is 52.6 Å². The van der Waals surface area contributed by atoms with E-state index in [2.05, 4.69) is 48.1 Å². The van der Waals surface area contributed by atoms with E-state index in [1.165, 1.54) is 6.42 Å². The van der Waals surface area contributed by atoms with E-state index in [0.717, 1.165) is 19.5 Å². The predicted molar refractivity (Wildman–Crippen MR) is 71.6 cm³/mol. The van der Waals surface area contributed by atoms with E-state index in [1.807, 2.05) is 0 Å². The number of hydrogen-bond acceptors (Lipinski definition) is 5. The smallest absolute Gasteiger partial charge is 0.318 e. The van der Waals surface area contributed by atoms with E-state index >= 15 is 0 Å².